The number of non-ortho nitro benzene ring substituents is 1. The van der Waals surface area contributed by atoms with Crippen LogP contribution >= 0.6 is 0 Å². The maximum atomic E-state index is 13.5. The van der Waals surface area contributed by atoms with E-state index in [0.29, 0.717) is 18.4 Å². The third kappa shape index (κ3) is 3.76. The van der Waals surface area contributed by atoms with Crippen molar-refractivity contribution in [2.45, 2.75) is 45.1 Å². The molecule has 2 unspecified atom stereocenters. The molecule has 1 aliphatic rings. The van der Waals surface area contributed by atoms with Gasteiger partial charge in [0.25, 0.3) is 5.69 Å². The van der Waals surface area contributed by atoms with Crippen LogP contribution in [-0.4, -0.2) is 17.5 Å². The fourth-order valence-electron chi connectivity index (χ4n) is 3.14. The Hall–Kier alpha value is -1.49. The SMILES string of the molecule is CCNC1CCCCC1Cc1cc(F)cc([N+](=O)[O-])c1. The van der Waals surface area contributed by atoms with Crippen LogP contribution in [0.5, 0.6) is 0 Å². The van der Waals surface area contributed by atoms with E-state index in [1.165, 1.54) is 25.0 Å². The molecule has 0 bridgehead atoms. The fraction of sp³-hybridized carbons (Fsp3) is 0.600. The maximum Gasteiger partial charge on any atom is 0.272 e. The molecule has 2 atom stereocenters. The van der Waals surface area contributed by atoms with Crippen LogP contribution in [0.3, 0.4) is 0 Å². The highest BCUT2D eigenvalue weighted by molar-refractivity contribution is 5.35. The van der Waals surface area contributed by atoms with Gasteiger partial charge in [-0.3, -0.25) is 10.1 Å². The van der Waals surface area contributed by atoms with Gasteiger partial charge in [0.2, 0.25) is 0 Å². The predicted octanol–water partition coefficient (Wildman–Crippen LogP) is 3.44. The van der Waals surface area contributed by atoms with E-state index in [1.807, 2.05) is 0 Å². The predicted molar refractivity (Wildman–Crippen MR) is 76.2 cm³/mol. The summed E-state index contributed by atoms with van der Waals surface area (Å²) in [5.41, 5.74) is 0.572. The molecule has 1 aromatic carbocycles. The summed E-state index contributed by atoms with van der Waals surface area (Å²) in [5, 5.41) is 14.3. The van der Waals surface area contributed by atoms with Gasteiger partial charge in [0.15, 0.2) is 0 Å². The van der Waals surface area contributed by atoms with Crippen LogP contribution in [-0.2, 0) is 6.42 Å². The highest BCUT2D eigenvalue weighted by atomic mass is 19.1. The van der Waals surface area contributed by atoms with E-state index in [-0.39, 0.29) is 5.69 Å². The van der Waals surface area contributed by atoms with Gasteiger partial charge in [0, 0.05) is 12.1 Å². The van der Waals surface area contributed by atoms with Gasteiger partial charge >= 0.3 is 0 Å². The van der Waals surface area contributed by atoms with Gasteiger partial charge in [-0.05, 0) is 43.4 Å². The number of nitrogens with zero attached hydrogens (tertiary/aromatic N) is 1. The smallest absolute Gasteiger partial charge is 0.272 e. The average Bonchev–Trinajstić information content (AvgIpc) is 2.40. The molecule has 0 radical (unpaired) electrons. The van der Waals surface area contributed by atoms with Crippen LogP contribution in [0.1, 0.15) is 38.2 Å². The number of nitro benzene ring substituents is 1. The van der Waals surface area contributed by atoms with E-state index >= 15 is 0 Å². The van der Waals surface area contributed by atoms with Gasteiger partial charge in [-0.2, -0.15) is 0 Å². The molecular formula is C15H21FN2O2. The molecule has 1 aliphatic carbocycles. The molecule has 0 heterocycles. The minimum Gasteiger partial charge on any atom is -0.314 e. The highest BCUT2D eigenvalue weighted by Gasteiger charge is 2.25. The van der Waals surface area contributed by atoms with E-state index in [1.54, 1.807) is 0 Å². The monoisotopic (exact) mass is 280 g/mol. The van der Waals surface area contributed by atoms with Crippen LogP contribution in [0.15, 0.2) is 18.2 Å². The molecule has 5 heteroatoms. The van der Waals surface area contributed by atoms with Gasteiger partial charge in [-0.1, -0.05) is 19.8 Å². The number of rotatable bonds is 5. The molecule has 0 amide bonds. The second-order valence-corrected chi connectivity index (χ2v) is 5.49. The first-order chi connectivity index (χ1) is 9.60. The lowest BCUT2D eigenvalue weighted by Crippen LogP contribution is -2.39. The summed E-state index contributed by atoms with van der Waals surface area (Å²) in [6.07, 6.45) is 5.34. The second kappa shape index (κ2) is 6.79. The number of hydrogen-bond donors (Lipinski definition) is 1. The summed E-state index contributed by atoms with van der Waals surface area (Å²) < 4.78 is 13.5. The minimum atomic E-state index is -0.533. The first-order valence-electron chi connectivity index (χ1n) is 7.27. The van der Waals surface area contributed by atoms with Crippen LogP contribution < -0.4 is 5.32 Å². The van der Waals surface area contributed by atoms with Crippen molar-refractivity contribution in [1.82, 2.24) is 5.32 Å². The molecule has 1 saturated carbocycles. The van der Waals surface area contributed by atoms with Crippen LogP contribution in [0.4, 0.5) is 10.1 Å². The van der Waals surface area contributed by atoms with E-state index in [0.717, 1.165) is 31.0 Å². The number of hydrogen-bond acceptors (Lipinski definition) is 3. The van der Waals surface area contributed by atoms with E-state index in [9.17, 15) is 14.5 Å². The summed E-state index contributed by atoms with van der Waals surface area (Å²) in [6.45, 7) is 3.00. The van der Waals surface area contributed by atoms with Gasteiger partial charge in [-0.15, -0.1) is 0 Å². The first kappa shape index (κ1) is 14.9. The zero-order valence-electron chi connectivity index (χ0n) is 11.8. The topological polar surface area (TPSA) is 55.2 Å². The van der Waals surface area contributed by atoms with Gasteiger partial charge < -0.3 is 5.32 Å². The largest absolute Gasteiger partial charge is 0.314 e. The Morgan fingerprint density at radius 3 is 2.80 bits per heavy atom. The van der Waals surface area contributed by atoms with Crippen LogP contribution in [0.25, 0.3) is 0 Å². The summed E-state index contributed by atoms with van der Waals surface area (Å²) in [6, 6.07) is 4.34. The first-order valence-corrected chi connectivity index (χ1v) is 7.27. The molecule has 0 aromatic heterocycles. The number of nitrogens with one attached hydrogen (secondary N) is 1. The lowest BCUT2D eigenvalue weighted by molar-refractivity contribution is -0.385. The molecule has 1 N–H and O–H groups in total. The zero-order chi connectivity index (χ0) is 14.5. The van der Waals surface area contributed by atoms with Crippen molar-refractivity contribution in [3.63, 3.8) is 0 Å². The van der Waals surface area contributed by atoms with E-state index < -0.39 is 10.7 Å². The number of halogens is 1. The fourth-order valence-corrected chi connectivity index (χ4v) is 3.14. The van der Waals surface area contributed by atoms with Crippen molar-refractivity contribution >= 4 is 5.69 Å². The van der Waals surface area contributed by atoms with Crippen molar-refractivity contribution in [2.75, 3.05) is 6.54 Å². The molecule has 0 saturated heterocycles. The van der Waals surface area contributed by atoms with E-state index in [4.69, 9.17) is 0 Å². The quantitative estimate of drug-likeness (QED) is 0.664. The Morgan fingerprint density at radius 1 is 1.35 bits per heavy atom. The van der Waals surface area contributed by atoms with Crippen LogP contribution in [0.2, 0.25) is 0 Å². The van der Waals surface area contributed by atoms with Gasteiger partial charge in [0.05, 0.1) is 11.0 Å². The summed E-state index contributed by atoms with van der Waals surface area (Å²) in [7, 11) is 0. The van der Waals surface area contributed by atoms with Crippen molar-refractivity contribution in [3.8, 4) is 0 Å². The molecular weight excluding hydrogens is 259 g/mol. The zero-order valence-corrected chi connectivity index (χ0v) is 11.8. The van der Waals surface area contributed by atoms with Crippen molar-refractivity contribution in [1.29, 1.82) is 0 Å². The molecule has 20 heavy (non-hydrogen) atoms. The normalized spacial score (nSPS) is 22.7. The highest BCUT2D eigenvalue weighted by Crippen LogP contribution is 2.29. The standard InChI is InChI=1S/C15H21FN2O2/c1-2-17-15-6-4-3-5-12(15)7-11-8-13(16)10-14(9-11)18(19)20/h8-10,12,15,17H,2-7H2,1H3. The lowest BCUT2D eigenvalue weighted by atomic mass is 9.80. The van der Waals surface area contributed by atoms with Crippen LogP contribution in [0, 0.1) is 21.8 Å². The van der Waals surface area contributed by atoms with Gasteiger partial charge in [0.1, 0.15) is 5.82 Å². The summed E-state index contributed by atoms with van der Waals surface area (Å²) in [4.78, 5) is 10.3. The molecule has 2 rings (SSSR count). The van der Waals surface area contributed by atoms with Crippen molar-refractivity contribution < 1.29 is 9.31 Å². The van der Waals surface area contributed by atoms with Crippen molar-refractivity contribution in [3.05, 3.63) is 39.7 Å². The minimum absolute atomic E-state index is 0.157. The Kier molecular flexibility index (Phi) is 5.06. The average molecular weight is 280 g/mol. The van der Waals surface area contributed by atoms with Gasteiger partial charge in [-0.25, -0.2) is 4.39 Å². The summed E-state index contributed by atoms with van der Waals surface area (Å²) >= 11 is 0. The second-order valence-electron chi connectivity index (χ2n) is 5.49. The summed E-state index contributed by atoms with van der Waals surface area (Å²) in [5.74, 6) is -0.0879. The third-order valence-corrected chi connectivity index (χ3v) is 4.03. The maximum absolute atomic E-state index is 13.5. The lowest BCUT2D eigenvalue weighted by Gasteiger charge is -2.32. The third-order valence-electron chi connectivity index (χ3n) is 4.03. The Balaban J connectivity index is 2.13. The molecule has 110 valence electrons. The Labute approximate surface area is 118 Å². The molecule has 4 nitrogen and oxygen atoms in total. The molecule has 1 fully saturated rings. The number of nitro groups is 1. The molecule has 0 aliphatic heterocycles. The van der Waals surface area contributed by atoms with E-state index in [2.05, 4.69) is 12.2 Å². The molecule has 0 spiro atoms. The molecule has 1 aromatic rings. The number of benzene rings is 1. The Bertz CT molecular complexity index is 477. The Morgan fingerprint density at radius 2 is 2.10 bits per heavy atom. The van der Waals surface area contributed by atoms with Crippen molar-refractivity contribution in [2.24, 2.45) is 5.92 Å².